The highest BCUT2D eigenvalue weighted by atomic mass is 32.2. The molecule has 0 N–H and O–H groups in total. The van der Waals surface area contributed by atoms with Gasteiger partial charge in [-0.3, -0.25) is 4.79 Å². The van der Waals surface area contributed by atoms with E-state index in [4.69, 9.17) is 0 Å². The normalized spacial score (nSPS) is 22.4. The number of methoxy groups -OCH3 is 1. The van der Waals surface area contributed by atoms with Crippen molar-refractivity contribution in [2.24, 2.45) is 0 Å². The fourth-order valence-electron chi connectivity index (χ4n) is 1.94. The molecule has 1 aliphatic heterocycles. The molecular weight excluding hydrogens is 333 g/mol. The van der Waals surface area contributed by atoms with Crippen LogP contribution in [0.25, 0.3) is 0 Å². The van der Waals surface area contributed by atoms with Crippen molar-refractivity contribution in [2.45, 2.75) is 25.2 Å². The van der Waals surface area contributed by atoms with Crippen molar-refractivity contribution in [2.75, 3.05) is 12.9 Å². The van der Waals surface area contributed by atoms with Crippen molar-refractivity contribution in [1.82, 2.24) is 9.29 Å². The molecule has 1 saturated heterocycles. The molecule has 0 saturated carbocycles. The molecule has 2 heterocycles. The van der Waals surface area contributed by atoms with Crippen LogP contribution in [0.2, 0.25) is 0 Å². The van der Waals surface area contributed by atoms with E-state index in [1.165, 1.54) is 0 Å². The van der Waals surface area contributed by atoms with Gasteiger partial charge in [-0.25, -0.2) is 13.4 Å². The Hall–Kier alpha value is -1.20. The Morgan fingerprint density at radius 1 is 1.57 bits per heavy atom. The second kappa shape index (κ2) is 5.54. The third-order valence-electron chi connectivity index (χ3n) is 2.96. The van der Waals surface area contributed by atoms with Gasteiger partial charge in [0.2, 0.25) is 10.0 Å². The number of alkyl halides is 3. The highest BCUT2D eigenvalue weighted by molar-refractivity contribution is 7.89. The summed E-state index contributed by atoms with van der Waals surface area (Å²) < 4.78 is 66.5. The number of carbonyl (C=O) groups excluding carboxylic acids is 1. The molecule has 1 aromatic heterocycles. The van der Waals surface area contributed by atoms with Crippen LogP contribution in [0.15, 0.2) is 5.38 Å². The summed E-state index contributed by atoms with van der Waals surface area (Å²) in [5.41, 5.74) is -1.08. The fourth-order valence-corrected chi connectivity index (χ4v) is 4.48. The predicted octanol–water partition coefficient (Wildman–Crippen LogP) is 1.24. The second-order valence-corrected chi connectivity index (χ2v) is 7.30. The van der Waals surface area contributed by atoms with Gasteiger partial charge in [0.15, 0.2) is 5.69 Å². The minimum atomic E-state index is -4.58. The average molecular weight is 344 g/mol. The molecule has 1 fully saturated rings. The molecule has 0 bridgehead atoms. The van der Waals surface area contributed by atoms with Crippen LogP contribution in [0.1, 0.15) is 17.1 Å². The van der Waals surface area contributed by atoms with Gasteiger partial charge >= 0.3 is 12.1 Å². The zero-order chi connectivity index (χ0) is 15.8. The van der Waals surface area contributed by atoms with Gasteiger partial charge in [-0.15, -0.1) is 11.3 Å². The van der Waals surface area contributed by atoms with Crippen LogP contribution in [0.3, 0.4) is 0 Å². The van der Waals surface area contributed by atoms with E-state index in [9.17, 15) is 26.4 Å². The van der Waals surface area contributed by atoms with Crippen molar-refractivity contribution in [1.29, 1.82) is 0 Å². The quantitative estimate of drug-likeness (QED) is 0.771. The molecule has 2 rings (SSSR count). The maximum absolute atomic E-state index is 12.5. The number of carbonyl (C=O) groups is 1. The van der Waals surface area contributed by atoms with Gasteiger partial charge in [0.1, 0.15) is 11.0 Å². The third-order valence-corrected chi connectivity index (χ3v) is 5.64. The molecule has 118 valence electrons. The van der Waals surface area contributed by atoms with E-state index in [0.29, 0.717) is 11.3 Å². The van der Waals surface area contributed by atoms with E-state index in [1.54, 1.807) is 0 Å². The Morgan fingerprint density at radius 3 is 2.76 bits per heavy atom. The summed E-state index contributed by atoms with van der Waals surface area (Å²) in [6.45, 7) is -0.372. The Labute approximate surface area is 122 Å². The SMILES string of the molecule is COC(=O)[C@H]1CCS(=O)(=O)N1Cc1nc(C(F)(F)F)cs1. The largest absolute Gasteiger partial charge is 0.468 e. The van der Waals surface area contributed by atoms with Crippen molar-refractivity contribution >= 4 is 27.3 Å². The van der Waals surface area contributed by atoms with Gasteiger partial charge < -0.3 is 4.74 Å². The van der Waals surface area contributed by atoms with E-state index >= 15 is 0 Å². The molecule has 1 aromatic rings. The van der Waals surface area contributed by atoms with Gasteiger partial charge in [-0.1, -0.05) is 0 Å². The van der Waals surface area contributed by atoms with Gasteiger partial charge in [0.25, 0.3) is 0 Å². The lowest BCUT2D eigenvalue weighted by molar-refractivity contribution is -0.145. The van der Waals surface area contributed by atoms with E-state index < -0.39 is 33.9 Å². The summed E-state index contributed by atoms with van der Waals surface area (Å²) in [6.07, 6.45) is -4.53. The number of sulfonamides is 1. The fraction of sp³-hybridized carbons (Fsp3) is 0.600. The third kappa shape index (κ3) is 3.35. The van der Waals surface area contributed by atoms with Crippen molar-refractivity contribution < 1.29 is 31.1 Å². The summed E-state index contributed by atoms with van der Waals surface area (Å²) >= 11 is 0.696. The van der Waals surface area contributed by atoms with Crippen LogP contribution < -0.4 is 0 Å². The molecule has 0 amide bonds. The van der Waals surface area contributed by atoms with Gasteiger partial charge in [0.05, 0.1) is 19.4 Å². The molecule has 0 radical (unpaired) electrons. The van der Waals surface area contributed by atoms with E-state index in [0.717, 1.165) is 16.8 Å². The van der Waals surface area contributed by atoms with Crippen LogP contribution in [-0.2, 0) is 32.3 Å². The maximum Gasteiger partial charge on any atom is 0.434 e. The Bertz CT molecular complexity index is 641. The number of esters is 1. The first-order valence-corrected chi connectivity index (χ1v) is 8.23. The highest BCUT2D eigenvalue weighted by Gasteiger charge is 2.43. The van der Waals surface area contributed by atoms with Gasteiger partial charge in [-0.2, -0.15) is 17.5 Å². The molecule has 0 spiro atoms. The zero-order valence-electron chi connectivity index (χ0n) is 10.8. The molecule has 11 heteroatoms. The maximum atomic E-state index is 12.5. The van der Waals surface area contributed by atoms with Crippen molar-refractivity contribution in [3.63, 3.8) is 0 Å². The first-order valence-electron chi connectivity index (χ1n) is 5.74. The van der Waals surface area contributed by atoms with Crippen LogP contribution in [0.4, 0.5) is 13.2 Å². The summed E-state index contributed by atoms with van der Waals surface area (Å²) in [6, 6.07) is -1.02. The Morgan fingerprint density at radius 2 is 2.24 bits per heavy atom. The second-order valence-electron chi connectivity index (χ2n) is 4.31. The lowest BCUT2D eigenvalue weighted by Gasteiger charge is -2.19. The molecule has 0 unspecified atom stereocenters. The van der Waals surface area contributed by atoms with Crippen molar-refractivity contribution in [3.05, 3.63) is 16.1 Å². The first-order chi connectivity index (χ1) is 9.65. The Balaban J connectivity index is 2.23. The number of hydrogen-bond acceptors (Lipinski definition) is 6. The summed E-state index contributed by atoms with van der Waals surface area (Å²) in [4.78, 5) is 14.9. The molecule has 1 atom stereocenters. The van der Waals surface area contributed by atoms with Crippen LogP contribution in [0.5, 0.6) is 0 Å². The van der Waals surface area contributed by atoms with E-state index in [-0.39, 0.29) is 23.7 Å². The highest BCUT2D eigenvalue weighted by Crippen LogP contribution is 2.32. The standard InChI is InChI=1S/C10H11F3N2O4S2/c1-19-9(16)6-2-3-21(17,18)15(6)4-8-14-7(5-20-8)10(11,12)13/h5-6H,2-4H2,1H3/t6-/m1/s1. The number of hydrogen-bond donors (Lipinski definition) is 0. The topological polar surface area (TPSA) is 76.6 Å². The van der Waals surface area contributed by atoms with Crippen LogP contribution in [-0.4, -0.2) is 42.6 Å². The van der Waals surface area contributed by atoms with Crippen molar-refractivity contribution in [3.8, 4) is 0 Å². The Kier molecular flexibility index (Phi) is 4.26. The molecule has 21 heavy (non-hydrogen) atoms. The van der Waals surface area contributed by atoms with Gasteiger partial charge in [0, 0.05) is 5.38 Å². The minimum Gasteiger partial charge on any atom is -0.468 e. The molecule has 1 aliphatic rings. The summed E-state index contributed by atoms with van der Waals surface area (Å²) in [7, 11) is -2.58. The lowest BCUT2D eigenvalue weighted by Crippen LogP contribution is -2.38. The lowest BCUT2D eigenvalue weighted by atomic mass is 10.2. The number of nitrogens with zero attached hydrogens (tertiary/aromatic N) is 2. The van der Waals surface area contributed by atoms with Crippen LogP contribution in [0, 0.1) is 0 Å². The monoisotopic (exact) mass is 344 g/mol. The number of thiazole rings is 1. The number of rotatable bonds is 3. The smallest absolute Gasteiger partial charge is 0.434 e. The number of halogens is 3. The minimum absolute atomic E-state index is 0.0262. The first kappa shape index (κ1) is 16.2. The summed E-state index contributed by atoms with van der Waals surface area (Å²) in [5.74, 6) is -0.978. The summed E-state index contributed by atoms with van der Waals surface area (Å²) in [5, 5.41) is 0.784. The van der Waals surface area contributed by atoms with Gasteiger partial charge in [-0.05, 0) is 6.42 Å². The number of ether oxygens (including phenoxy) is 1. The van der Waals surface area contributed by atoms with Crippen LogP contribution >= 0.6 is 11.3 Å². The van der Waals surface area contributed by atoms with E-state index in [1.807, 2.05) is 0 Å². The average Bonchev–Trinajstić information content (AvgIpc) is 2.95. The number of aromatic nitrogens is 1. The molecular formula is C10H11F3N2O4S2. The molecule has 0 aromatic carbocycles. The molecule has 0 aliphatic carbocycles. The predicted molar refractivity (Wildman–Crippen MR) is 66.9 cm³/mol. The zero-order valence-corrected chi connectivity index (χ0v) is 12.4. The molecule has 6 nitrogen and oxygen atoms in total. The van der Waals surface area contributed by atoms with E-state index in [2.05, 4.69) is 9.72 Å².